The number of fused-ring (bicyclic) bond motifs is 3. The SMILES string of the molecule is Cc1cccc2c1[nH]c1c(C(=O)O)cccc12. The Morgan fingerprint density at radius 3 is 2.41 bits per heavy atom. The first kappa shape index (κ1) is 9.90. The number of hydrogen-bond acceptors (Lipinski definition) is 1. The summed E-state index contributed by atoms with van der Waals surface area (Å²) in [7, 11) is 0. The minimum absolute atomic E-state index is 0.318. The first-order valence-electron chi connectivity index (χ1n) is 5.42. The summed E-state index contributed by atoms with van der Waals surface area (Å²) >= 11 is 0. The van der Waals surface area contributed by atoms with Gasteiger partial charge in [-0.05, 0) is 18.6 Å². The number of aromatic amines is 1. The molecule has 0 saturated carbocycles. The minimum atomic E-state index is -0.903. The van der Waals surface area contributed by atoms with E-state index in [0.717, 1.165) is 21.9 Å². The molecule has 3 rings (SSSR count). The lowest BCUT2D eigenvalue weighted by molar-refractivity contribution is 0.0699. The van der Waals surface area contributed by atoms with Crippen LogP contribution in [0.25, 0.3) is 21.8 Å². The Kier molecular flexibility index (Phi) is 1.95. The molecular weight excluding hydrogens is 214 g/mol. The fraction of sp³-hybridized carbons (Fsp3) is 0.0714. The third-order valence-electron chi connectivity index (χ3n) is 3.11. The Labute approximate surface area is 97.7 Å². The smallest absolute Gasteiger partial charge is 0.337 e. The summed E-state index contributed by atoms with van der Waals surface area (Å²) in [5.41, 5.74) is 3.15. The van der Waals surface area contributed by atoms with E-state index in [1.165, 1.54) is 0 Å². The molecule has 1 aromatic heterocycles. The highest BCUT2D eigenvalue weighted by Crippen LogP contribution is 2.29. The van der Waals surface area contributed by atoms with Crippen LogP contribution in [0, 0.1) is 6.92 Å². The van der Waals surface area contributed by atoms with Crippen molar-refractivity contribution in [1.82, 2.24) is 4.98 Å². The molecule has 3 nitrogen and oxygen atoms in total. The first-order chi connectivity index (χ1) is 8.18. The number of rotatable bonds is 1. The van der Waals surface area contributed by atoms with E-state index in [1.807, 2.05) is 31.2 Å². The van der Waals surface area contributed by atoms with Gasteiger partial charge in [0, 0.05) is 16.3 Å². The number of carboxylic acid groups (broad SMARTS) is 1. The van der Waals surface area contributed by atoms with Crippen LogP contribution in [0.5, 0.6) is 0 Å². The van der Waals surface area contributed by atoms with Crippen molar-refractivity contribution in [2.45, 2.75) is 6.92 Å². The van der Waals surface area contributed by atoms with Gasteiger partial charge in [-0.15, -0.1) is 0 Å². The molecule has 2 N–H and O–H groups in total. The Hall–Kier alpha value is -2.29. The van der Waals surface area contributed by atoms with Crippen molar-refractivity contribution in [3.05, 3.63) is 47.5 Å². The lowest BCUT2D eigenvalue weighted by Gasteiger charge is -1.95. The van der Waals surface area contributed by atoms with E-state index in [0.29, 0.717) is 11.1 Å². The van der Waals surface area contributed by atoms with Crippen LogP contribution >= 0.6 is 0 Å². The number of aromatic nitrogens is 1. The van der Waals surface area contributed by atoms with Crippen molar-refractivity contribution >= 4 is 27.8 Å². The summed E-state index contributed by atoms with van der Waals surface area (Å²) < 4.78 is 0. The lowest BCUT2D eigenvalue weighted by atomic mass is 10.1. The molecule has 1 heterocycles. The minimum Gasteiger partial charge on any atom is -0.478 e. The lowest BCUT2D eigenvalue weighted by Crippen LogP contribution is -1.96. The van der Waals surface area contributed by atoms with Crippen LogP contribution in [-0.4, -0.2) is 16.1 Å². The molecule has 0 atom stereocenters. The maximum Gasteiger partial charge on any atom is 0.337 e. The van der Waals surface area contributed by atoms with Crippen LogP contribution in [0.1, 0.15) is 15.9 Å². The van der Waals surface area contributed by atoms with Crippen molar-refractivity contribution in [2.75, 3.05) is 0 Å². The number of benzene rings is 2. The maximum absolute atomic E-state index is 11.2. The van der Waals surface area contributed by atoms with E-state index in [1.54, 1.807) is 12.1 Å². The number of para-hydroxylation sites is 2. The highest BCUT2D eigenvalue weighted by molar-refractivity contribution is 6.14. The van der Waals surface area contributed by atoms with Crippen molar-refractivity contribution < 1.29 is 9.90 Å². The van der Waals surface area contributed by atoms with Gasteiger partial charge in [-0.3, -0.25) is 0 Å². The first-order valence-corrected chi connectivity index (χ1v) is 5.42. The number of carbonyl (C=O) groups is 1. The summed E-state index contributed by atoms with van der Waals surface area (Å²) in [6, 6.07) is 11.3. The number of aromatic carboxylic acids is 1. The van der Waals surface area contributed by atoms with Crippen LogP contribution in [0.15, 0.2) is 36.4 Å². The van der Waals surface area contributed by atoms with Crippen molar-refractivity contribution in [2.24, 2.45) is 0 Å². The summed E-state index contributed by atoms with van der Waals surface area (Å²) in [5, 5.41) is 11.2. The van der Waals surface area contributed by atoms with E-state index in [9.17, 15) is 4.79 Å². The van der Waals surface area contributed by atoms with Gasteiger partial charge in [-0.2, -0.15) is 0 Å². The zero-order valence-electron chi connectivity index (χ0n) is 9.32. The molecule has 0 aliphatic rings. The second kappa shape index (κ2) is 3.35. The molecule has 0 fully saturated rings. The summed E-state index contributed by atoms with van der Waals surface area (Å²) in [6.45, 7) is 2.01. The molecule has 0 unspecified atom stereocenters. The highest BCUT2D eigenvalue weighted by Gasteiger charge is 2.12. The molecule has 0 radical (unpaired) electrons. The molecule has 2 aromatic carbocycles. The van der Waals surface area contributed by atoms with Gasteiger partial charge in [0.1, 0.15) is 0 Å². The second-order valence-electron chi connectivity index (χ2n) is 4.16. The molecule has 3 heteroatoms. The van der Waals surface area contributed by atoms with Gasteiger partial charge in [0.15, 0.2) is 0 Å². The molecule has 84 valence electrons. The molecule has 0 amide bonds. The predicted molar refractivity (Wildman–Crippen MR) is 67.5 cm³/mol. The average Bonchev–Trinajstić information content (AvgIpc) is 2.69. The summed E-state index contributed by atoms with van der Waals surface area (Å²) in [5.74, 6) is -0.903. The highest BCUT2D eigenvalue weighted by atomic mass is 16.4. The fourth-order valence-corrected chi connectivity index (χ4v) is 2.27. The third kappa shape index (κ3) is 1.32. The van der Waals surface area contributed by atoms with Gasteiger partial charge < -0.3 is 10.1 Å². The molecule has 3 aromatic rings. The Bertz CT molecular complexity index is 740. The van der Waals surface area contributed by atoms with Gasteiger partial charge in [-0.25, -0.2) is 4.79 Å². The van der Waals surface area contributed by atoms with Crippen LogP contribution < -0.4 is 0 Å². The predicted octanol–water partition coefficient (Wildman–Crippen LogP) is 3.33. The van der Waals surface area contributed by atoms with Crippen molar-refractivity contribution in [3.63, 3.8) is 0 Å². The van der Waals surface area contributed by atoms with E-state index < -0.39 is 5.97 Å². The van der Waals surface area contributed by atoms with E-state index >= 15 is 0 Å². The quantitative estimate of drug-likeness (QED) is 0.667. The Morgan fingerprint density at radius 1 is 1.06 bits per heavy atom. The van der Waals surface area contributed by atoms with Crippen molar-refractivity contribution in [1.29, 1.82) is 0 Å². The number of aryl methyl sites for hydroxylation is 1. The molecule has 0 aliphatic heterocycles. The average molecular weight is 225 g/mol. The van der Waals surface area contributed by atoms with Crippen LogP contribution in [-0.2, 0) is 0 Å². The summed E-state index contributed by atoms with van der Waals surface area (Å²) in [6.07, 6.45) is 0. The van der Waals surface area contributed by atoms with E-state index in [4.69, 9.17) is 5.11 Å². The maximum atomic E-state index is 11.2. The standard InChI is InChI=1S/C14H11NO2/c1-8-4-2-5-9-10-6-3-7-11(14(16)17)13(10)15-12(8)9/h2-7,15H,1H3,(H,16,17). The Morgan fingerprint density at radius 2 is 1.71 bits per heavy atom. The largest absolute Gasteiger partial charge is 0.478 e. The fourth-order valence-electron chi connectivity index (χ4n) is 2.27. The zero-order valence-corrected chi connectivity index (χ0v) is 9.32. The van der Waals surface area contributed by atoms with Crippen LogP contribution in [0.3, 0.4) is 0 Å². The molecule has 0 bridgehead atoms. The van der Waals surface area contributed by atoms with Gasteiger partial charge in [-0.1, -0.05) is 30.3 Å². The molecule has 0 aliphatic carbocycles. The molecular formula is C14H11NO2. The van der Waals surface area contributed by atoms with Gasteiger partial charge in [0.25, 0.3) is 0 Å². The summed E-state index contributed by atoms with van der Waals surface area (Å²) in [4.78, 5) is 14.4. The van der Waals surface area contributed by atoms with E-state index in [-0.39, 0.29) is 0 Å². The molecule has 17 heavy (non-hydrogen) atoms. The Balaban J connectivity index is 2.55. The molecule has 0 spiro atoms. The van der Waals surface area contributed by atoms with Gasteiger partial charge >= 0.3 is 5.97 Å². The van der Waals surface area contributed by atoms with E-state index in [2.05, 4.69) is 4.98 Å². The number of carboxylic acids is 1. The number of nitrogens with one attached hydrogen (secondary N) is 1. The molecule has 0 saturated heterocycles. The normalized spacial score (nSPS) is 11.1. The van der Waals surface area contributed by atoms with Crippen LogP contribution in [0.4, 0.5) is 0 Å². The zero-order chi connectivity index (χ0) is 12.0. The van der Waals surface area contributed by atoms with Gasteiger partial charge in [0.2, 0.25) is 0 Å². The monoisotopic (exact) mass is 225 g/mol. The second-order valence-corrected chi connectivity index (χ2v) is 4.16. The number of H-pyrrole nitrogens is 1. The topological polar surface area (TPSA) is 53.1 Å². The number of hydrogen-bond donors (Lipinski definition) is 2. The van der Waals surface area contributed by atoms with Gasteiger partial charge in [0.05, 0.1) is 11.1 Å². The van der Waals surface area contributed by atoms with Crippen molar-refractivity contribution in [3.8, 4) is 0 Å². The van der Waals surface area contributed by atoms with Crippen LogP contribution in [0.2, 0.25) is 0 Å². The third-order valence-corrected chi connectivity index (χ3v) is 3.11.